The smallest absolute Gasteiger partial charge is 0.119 e. The third kappa shape index (κ3) is 2.72. The Morgan fingerprint density at radius 3 is 2.93 bits per heavy atom. The van der Waals surface area contributed by atoms with Gasteiger partial charge in [0.05, 0.1) is 0 Å². The van der Waals surface area contributed by atoms with Crippen LogP contribution >= 0.6 is 0 Å². The van der Waals surface area contributed by atoms with Crippen LogP contribution in [0.25, 0.3) is 0 Å². The van der Waals surface area contributed by atoms with E-state index in [1.807, 2.05) is 12.1 Å². The average molecular weight is 207 g/mol. The topological polar surface area (TPSA) is 21.3 Å². The van der Waals surface area contributed by atoms with Crippen molar-refractivity contribution in [3.05, 3.63) is 29.8 Å². The Balaban J connectivity index is 0.00000128. The summed E-state index contributed by atoms with van der Waals surface area (Å²) in [5, 5.41) is 3.43. The molecule has 1 fully saturated rings. The number of hydrogen-bond acceptors (Lipinski definition) is 2. The van der Waals surface area contributed by atoms with Crippen LogP contribution < -0.4 is 10.1 Å². The Hall–Kier alpha value is -1.02. The molecule has 0 saturated heterocycles. The first-order valence-corrected chi connectivity index (χ1v) is 5.74. The van der Waals surface area contributed by atoms with Crippen molar-refractivity contribution in [2.24, 2.45) is 0 Å². The second-order valence-corrected chi connectivity index (χ2v) is 4.28. The number of benzene rings is 1. The van der Waals surface area contributed by atoms with E-state index in [2.05, 4.69) is 31.3 Å². The summed E-state index contributed by atoms with van der Waals surface area (Å²) in [6.07, 6.45) is 2.69. The van der Waals surface area contributed by atoms with Crippen LogP contribution in [0, 0.1) is 6.92 Å². The highest BCUT2D eigenvalue weighted by Gasteiger charge is 2.29. The van der Waals surface area contributed by atoms with Gasteiger partial charge < -0.3 is 10.1 Å². The monoisotopic (exact) mass is 207 g/mol. The number of aryl methyl sites for hydroxylation is 1. The van der Waals surface area contributed by atoms with E-state index in [1.54, 1.807) is 0 Å². The molecular weight excluding hydrogens is 186 g/mol. The van der Waals surface area contributed by atoms with E-state index < -0.39 is 0 Å². The molecule has 1 saturated carbocycles. The van der Waals surface area contributed by atoms with E-state index in [9.17, 15) is 0 Å². The summed E-state index contributed by atoms with van der Waals surface area (Å²) in [7, 11) is 0. The lowest BCUT2D eigenvalue weighted by Crippen LogP contribution is -2.46. The summed E-state index contributed by atoms with van der Waals surface area (Å²) in [6.45, 7) is 5.30. The zero-order chi connectivity index (χ0) is 10.7. The fraction of sp³-hybridized carbons (Fsp3) is 0.538. The van der Waals surface area contributed by atoms with Gasteiger partial charge in [0, 0.05) is 7.47 Å². The van der Waals surface area contributed by atoms with Crippen LogP contribution in [0.4, 0.5) is 0 Å². The highest BCUT2D eigenvalue weighted by molar-refractivity contribution is 5.27. The van der Waals surface area contributed by atoms with Crippen molar-refractivity contribution in [3.8, 4) is 5.75 Å². The average Bonchev–Trinajstić information content (AvgIpc) is 2.15. The standard InChI is InChI=1S/C13H19NO.H2/c1-3-14-11-8-13(9-11)15-12-6-4-5-10(2)7-12;/h4-7,11,13-14H,3,8-9H2,1-2H3;1H. The first kappa shape index (κ1) is 10.5. The van der Waals surface area contributed by atoms with Crippen molar-refractivity contribution in [3.63, 3.8) is 0 Å². The van der Waals surface area contributed by atoms with Crippen LogP contribution in [0.15, 0.2) is 24.3 Å². The maximum Gasteiger partial charge on any atom is 0.119 e. The first-order valence-electron chi connectivity index (χ1n) is 5.74. The highest BCUT2D eigenvalue weighted by Crippen LogP contribution is 2.26. The van der Waals surface area contributed by atoms with E-state index in [1.165, 1.54) is 5.56 Å². The van der Waals surface area contributed by atoms with E-state index in [4.69, 9.17) is 4.74 Å². The molecule has 15 heavy (non-hydrogen) atoms. The molecule has 2 nitrogen and oxygen atoms in total. The molecule has 0 aromatic heterocycles. The lowest BCUT2D eigenvalue weighted by Gasteiger charge is -2.35. The van der Waals surface area contributed by atoms with E-state index in [-0.39, 0.29) is 1.43 Å². The molecule has 0 unspecified atom stereocenters. The predicted octanol–water partition coefficient (Wildman–Crippen LogP) is 2.76. The Labute approximate surface area is 93.1 Å². The van der Waals surface area contributed by atoms with E-state index >= 15 is 0 Å². The SMILES string of the molecule is CCNC1CC(Oc2cccc(C)c2)C1.[HH]. The minimum Gasteiger partial charge on any atom is -0.490 e. The predicted molar refractivity (Wildman–Crippen MR) is 64.4 cm³/mol. The van der Waals surface area contributed by atoms with Crippen LogP contribution in [0.5, 0.6) is 5.75 Å². The lowest BCUT2D eigenvalue weighted by molar-refractivity contribution is 0.0859. The van der Waals surface area contributed by atoms with Gasteiger partial charge in [-0.2, -0.15) is 0 Å². The van der Waals surface area contributed by atoms with Gasteiger partial charge >= 0.3 is 0 Å². The molecule has 1 aromatic carbocycles. The van der Waals surface area contributed by atoms with Crippen molar-refractivity contribution in [1.29, 1.82) is 0 Å². The minimum absolute atomic E-state index is 0. The molecule has 0 amide bonds. The van der Waals surface area contributed by atoms with Crippen LogP contribution in [-0.2, 0) is 0 Å². The Bertz CT molecular complexity index is 323. The second kappa shape index (κ2) is 4.67. The Kier molecular flexibility index (Phi) is 3.27. The molecule has 0 bridgehead atoms. The highest BCUT2D eigenvalue weighted by atomic mass is 16.5. The summed E-state index contributed by atoms with van der Waals surface area (Å²) in [4.78, 5) is 0. The van der Waals surface area contributed by atoms with Gasteiger partial charge in [-0.05, 0) is 44.0 Å². The van der Waals surface area contributed by atoms with Gasteiger partial charge in [0.25, 0.3) is 0 Å². The van der Waals surface area contributed by atoms with Crippen molar-refractivity contribution in [1.82, 2.24) is 5.32 Å². The van der Waals surface area contributed by atoms with E-state index in [0.717, 1.165) is 25.1 Å². The summed E-state index contributed by atoms with van der Waals surface area (Å²) in [5.41, 5.74) is 1.26. The van der Waals surface area contributed by atoms with Crippen LogP contribution in [0.2, 0.25) is 0 Å². The van der Waals surface area contributed by atoms with Gasteiger partial charge in [-0.1, -0.05) is 19.1 Å². The molecular formula is C13H21NO. The van der Waals surface area contributed by atoms with Gasteiger partial charge in [0.2, 0.25) is 0 Å². The van der Waals surface area contributed by atoms with Crippen LogP contribution in [0.3, 0.4) is 0 Å². The second-order valence-electron chi connectivity index (χ2n) is 4.28. The molecule has 0 atom stereocenters. The molecule has 1 aromatic rings. The number of hydrogen-bond donors (Lipinski definition) is 1. The molecule has 0 aliphatic heterocycles. The largest absolute Gasteiger partial charge is 0.490 e. The number of nitrogens with one attached hydrogen (secondary N) is 1. The van der Waals surface area contributed by atoms with Crippen molar-refractivity contribution < 1.29 is 6.16 Å². The Morgan fingerprint density at radius 1 is 1.47 bits per heavy atom. The molecule has 84 valence electrons. The van der Waals surface area contributed by atoms with E-state index in [0.29, 0.717) is 12.1 Å². The van der Waals surface area contributed by atoms with Crippen molar-refractivity contribution in [2.45, 2.75) is 38.8 Å². The Morgan fingerprint density at radius 2 is 2.27 bits per heavy atom. The molecule has 2 rings (SSSR count). The third-order valence-corrected chi connectivity index (χ3v) is 2.88. The summed E-state index contributed by atoms with van der Waals surface area (Å²) in [6, 6.07) is 8.94. The number of rotatable bonds is 4. The normalized spacial score (nSPS) is 24.7. The fourth-order valence-electron chi connectivity index (χ4n) is 2.00. The molecule has 0 heterocycles. The maximum atomic E-state index is 5.87. The van der Waals surface area contributed by atoms with Crippen molar-refractivity contribution >= 4 is 0 Å². The molecule has 1 N–H and O–H groups in total. The molecule has 1 aliphatic carbocycles. The van der Waals surface area contributed by atoms with Gasteiger partial charge in [-0.3, -0.25) is 0 Å². The molecule has 0 spiro atoms. The van der Waals surface area contributed by atoms with Gasteiger partial charge in [0.15, 0.2) is 0 Å². The summed E-state index contributed by atoms with van der Waals surface area (Å²) >= 11 is 0. The van der Waals surface area contributed by atoms with Crippen LogP contribution in [0.1, 0.15) is 26.8 Å². The molecule has 1 aliphatic rings. The van der Waals surface area contributed by atoms with Crippen LogP contribution in [-0.4, -0.2) is 18.7 Å². The molecule has 0 radical (unpaired) electrons. The summed E-state index contributed by atoms with van der Waals surface area (Å²) < 4.78 is 5.87. The lowest BCUT2D eigenvalue weighted by atomic mass is 9.89. The first-order chi connectivity index (χ1) is 7.28. The third-order valence-electron chi connectivity index (χ3n) is 2.88. The maximum absolute atomic E-state index is 5.87. The van der Waals surface area contributed by atoms with Gasteiger partial charge in [-0.15, -0.1) is 0 Å². The van der Waals surface area contributed by atoms with Gasteiger partial charge in [-0.25, -0.2) is 0 Å². The molecule has 2 heteroatoms. The zero-order valence-corrected chi connectivity index (χ0v) is 9.49. The van der Waals surface area contributed by atoms with Crippen molar-refractivity contribution in [2.75, 3.05) is 6.54 Å². The number of ether oxygens (including phenoxy) is 1. The summed E-state index contributed by atoms with van der Waals surface area (Å²) in [5.74, 6) is 1.01. The fourth-order valence-corrected chi connectivity index (χ4v) is 2.00. The van der Waals surface area contributed by atoms with Gasteiger partial charge in [0.1, 0.15) is 11.9 Å². The quantitative estimate of drug-likeness (QED) is 0.819. The zero-order valence-electron chi connectivity index (χ0n) is 9.49. The minimum atomic E-state index is 0.